The zero-order valence-electron chi connectivity index (χ0n) is 15.1. The summed E-state index contributed by atoms with van der Waals surface area (Å²) in [6, 6.07) is 3.35. The Kier molecular flexibility index (Phi) is 6.02. The second-order valence-corrected chi connectivity index (χ2v) is 13.3. The lowest BCUT2D eigenvalue weighted by atomic mass is 10.0. The van der Waals surface area contributed by atoms with Crippen molar-refractivity contribution in [2.75, 3.05) is 6.61 Å². The first-order valence-electron chi connectivity index (χ1n) is 8.31. The molecule has 0 N–H and O–H groups in total. The van der Waals surface area contributed by atoms with Crippen LogP contribution in [0.4, 0.5) is 0 Å². The Morgan fingerprint density at radius 3 is 2.67 bits per heavy atom. The number of fused-ring (bicyclic) bond motifs is 1. The predicted molar refractivity (Wildman–Crippen MR) is 100 cm³/mol. The average molecular weight is 365 g/mol. The van der Waals surface area contributed by atoms with Crippen LogP contribution in [0.5, 0.6) is 0 Å². The van der Waals surface area contributed by atoms with Crippen molar-refractivity contribution in [2.45, 2.75) is 58.6 Å². The Hall–Kier alpha value is -1.42. The van der Waals surface area contributed by atoms with Crippen LogP contribution in [-0.2, 0) is 11.5 Å². The number of halogens is 1. The van der Waals surface area contributed by atoms with Crippen molar-refractivity contribution >= 4 is 30.7 Å². The number of hydrogen-bond donors (Lipinski definition) is 0. The Balaban J connectivity index is 2.35. The number of hydrogen-bond acceptors (Lipinski definition) is 4. The summed E-state index contributed by atoms with van der Waals surface area (Å²) in [6.45, 7) is 12.2. The van der Waals surface area contributed by atoms with E-state index in [4.69, 9.17) is 16.3 Å². The van der Waals surface area contributed by atoms with Gasteiger partial charge < -0.3 is 9.30 Å². The van der Waals surface area contributed by atoms with Crippen molar-refractivity contribution < 1.29 is 4.74 Å². The molecule has 0 radical (unpaired) electrons. The van der Waals surface area contributed by atoms with Crippen molar-refractivity contribution in [3.8, 4) is 6.07 Å². The molecule has 7 heteroatoms. The van der Waals surface area contributed by atoms with Gasteiger partial charge in [-0.15, -0.1) is 0 Å². The predicted octanol–water partition coefficient (Wildman–Crippen LogP) is 4.78. The molecule has 0 saturated carbocycles. The van der Waals surface area contributed by atoms with E-state index in [1.54, 1.807) is 6.20 Å². The summed E-state index contributed by atoms with van der Waals surface area (Å²) in [5.41, 5.74) is 2.09. The van der Waals surface area contributed by atoms with E-state index >= 15 is 0 Å². The highest BCUT2D eigenvalue weighted by Crippen LogP contribution is 2.30. The summed E-state index contributed by atoms with van der Waals surface area (Å²) in [5, 5.41) is 10.5. The molecule has 0 amide bonds. The van der Waals surface area contributed by atoms with Crippen molar-refractivity contribution in [3.63, 3.8) is 0 Å². The van der Waals surface area contributed by atoms with Crippen LogP contribution in [0.15, 0.2) is 6.20 Å². The highest BCUT2D eigenvalue weighted by molar-refractivity contribution is 6.76. The smallest absolute Gasteiger partial charge is 0.224 e. The van der Waals surface area contributed by atoms with Crippen LogP contribution in [0.25, 0.3) is 11.0 Å². The van der Waals surface area contributed by atoms with Gasteiger partial charge in [-0.3, -0.25) is 0 Å². The Labute approximate surface area is 149 Å². The minimum absolute atomic E-state index is 0.212. The highest BCUT2D eigenvalue weighted by Gasteiger charge is 2.20. The molecule has 0 aliphatic heterocycles. The number of nitriles is 1. The second kappa shape index (κ2) is 7.64. The van der Waals surface area contributed by atoms with Gasteiger partial charge in [0.1, 0.15) is 18.4 Å². The molecule has 130 valence electrons. The summed E-state index contributed by atoms with van der Waals surface area (Å²) in [7, 11) is -1.12. The zero-order chi connectivity index (χ0) is 17.9. The minimum Gasteiger partial charge on any atom is -0.361 e. The van der Waals surface area contributed by atoms with E-state index in [0.717, 1.165) is 23.5 Å². The van der Waals surface area contributed by atoms with Gasteiger partial charge in [-0.05, 0) is 30.0 Å². The SMILES string of the molecule is CC[C@H](C)c1nc(Cl)nc2c1c(C#N)cn2COCC[Si](C)(C)C. The molecular weight excluding hydrogens is 340 g/mol. The quantitative estimate of drug-likeness (QED) is 0.402. The Bertz CT molecular complexity index is 761. The third kappa shape index (κ3) is 4.35. The van der Waals surface area contributed by atoms with E-state index in [1.807, 2.05) is 4.57 Å². The summed E-state index contributed by atoms with van der Waals surface area (Å²) in [4.78, 5) is 8.72. The molecule has 5 nitrogen and oxygen atoms in total. The van der Waals surface area contributed by atoms with E-state index in [0.29, 0.717) is 24.5 Å². The van der Waals surface area contributed by atoms with Gasteiger partial charge in [0.05, 0.1) is 16.6 Å². The maximum atomic E-state index is 9.49. The molecule has 0 unspecified atom stereocenters. The van der Waals surface area contributed by atoms with Gasteiger partial charge in [0.25, 0.3) is 0 Å². The van der Waals surface area contributed by atoms with Crippen molar-refractivity contribution in [3.05, 3.63) is 22.7 Å². The van der Waals surface area contributed by atoms with E-state index in [2.05, 4.69) is 49.5 Å². The van der Waals surface area contributed by atoms with Gasteiger partial charge in [-0.2, -0.15) is 10.2 Å². The first-order valence-corrected chi connectivity index (χ1v) is 12.4. The first kappa shape index (κ1) is 18.9. The molecule has 2 aromatic rings. The second-order valence-electron chi connectivity index (χ2n) is 7.36. The van der Waals surface area contributed by atoms with Crippen molar-refractivity contribution in [1.82, 2.24) is 14.5 Å². The molecule has 0 spiro atoms. The third-order valence-electron chi connectivity index (χ3n) is 4.14. The largest absolute Gasteiger partial charge is 0.361 e. The monoisotopic (exact) mass is 364 g/mol. The molecule has 0 aliphatic carbocycles. The van der Waals surface area contributed by atoms with Gasteiger partial charge in [-0.1, -0.05) is 33.5 Å². The van der Waals surface area contributed by atoms with Gasteiger partial charge >= 0.3 is 0 Å². The van der Waals surface area contributed by atoms with E-state index in [9.17, 15) is 5.26 Å². The van der Waals surface area contributed by atoms with Crippen LogP contribution >= 0.6 is 11.6 Å². The fraction of sp³-hybridized carbons (Fsp3) is 0.588. The average Bonchev–Trinajstić information content (AvgIpc) is 2.86. The van der Waals surface area contributed by atoms with E-state index in [-0.39, 0.29) is 11.2 Å². The maximum Gasteiger partial charge on any atom is 0.224 e. The van der Waals surface area contributed by atoms with Crippen LogP contribution in [0.1, 0.15) is 37.4 Å². The van der Waals surface area contributed by atoms with Crippen molar-refractivity contribution in [1.29, 1.82) is 5.26 Å². The molecule has 0 aliphatic rings. The number of aromatic nitrogens is 3. The molecule has 24 heavy (non-hydrogen) atoms. The van der Waals surface area contributed by atoms with E-state index in [1.165, 1.54) is 0 Å². The van der Waals surface area contributed by atoms with Crippen LogP contribution in [0, 0.1) is 11.3 Å². The molecule has 1 atom stereocenters. The lowest BCUT2D eigenvalue weighted by Gasteiger charge is -2.15. The summed E-state index contributed by atoms with van der Waals surface area (Å²) < 4.78 is 7.67. The highest BCUT2D eigenvalue weighted by atomic mass is 35.5. The Morgan fingerprint density at radius 1 is 1.38 bits per heavy atom. The number of rotatable bonds is 7. The molecule has 2 heterocycles. The van der Waals surface area contributed by atoms with Gasteiger partial charge in [0, 0.05) is 20.9 Å². The standard InChI is InChI=1S/C17H25ClN4OSi/c1-6-12(2)15-14-13(9-19)10-22(16(14)21-17(18)20-15)11-23-7-8-24(3,4)5/h10,12H,6-8,11H2,1-5H3/t12-/m0/s1. The molecule has 0 fully saturated rings. The zero-order valence-corrected chi connectivity index (χ0v) is 16.8. The normalized spacial score (nSPS) is 13.2. The third-order valence-corrected chi connectivity index (χ3v) is 6.02. The summed E-state index contributed by atoms with van der Waals surface area (Å²) in [5.74, 6) is 0.212. The summed E-state index contributed by atoms with van der Waals surface area (Å²) >= 11 is 6.12. The summed E-state index contributed by atoms with van der Waals surface area (Å²) in [6.07, 6.45) is 2.71. The molecular formula is C17H25ClN4OSi. The lowest BCUT2D eigenvalue weighted by molar-refractivity contribution is 0.0898. The Morgan fingerprint density at radius 2 is 2.08 bits per heavy atom. The topological polar surface area (TPSA) is 63.7 Å². The van der Waals surface area contributed by atoms with Gasteiger partial charge in [0.2, 0.25) is 5.28 Å². The van der Waals surface area contributed by atoms with Gasteiger partial charge in [0.15, 0.2) is 0 Å². The number of ether oxygens (including phenoxy) is 1. The van der Waals surface area contributed by atoms with Gasteiger partial charge in [-0.25, -0.2) is 4.98 Å². The molecule has 0 saturated heterocycles. The first-order chi connectivity index (χ1) is 11.3. The van der Waals surface area contributed by atoms with E-state index < -0.39 is 8.07 Å². The molecule has 0 aromatic carbocycles. The fourth-order valence-electron chi connectivity index (χ4n) is 2.46. The van der Waals surface area contributed by atoms with Crippen LogP contribution < -0.4 is 0 Å². The van der Waals surface area contributed by atoms with Crippen LogP contribution in [0.3, 0.4) is 0 Å². The maximum absolute atomic E-state index is 9.49. The molecule has 0 bridgehead atoms. The van der Waals surface area contributed by atoms with Crippen molar-refractivity contribution in [2.24, 2.45) is 0 Å². The molecule has 2 aromatic heterocycles. The van der Waals surface area contributed by atoms with Crippen LogP contribution in [0.2, 0.25) is 31.0 Å². The lowest BCUT2D eigenvalue weighted by Crippen LogP contribution is -2.22. The minimum atomic E-state index is -1.12. The van der Waals surface area contributed by atoms with Crippen LogP contribution in [-0.4, -0.2) is 29.2 Å². The number of nitrogens with zero attached hydrogens (tertiary/aromatic N) is 4. The molecule has 2 rings (SSSR count). The fourth-order valence-corrected chi connectivity index (χ4v) is 3.39.